The summed E-state index contributed by atoms with van der Waals surface area (Å²) >= 11 is 0. The van der Waals surface area contributed by atoms with Crippen molar-refractivity contribution in [3.8, 4) is 11.3 Å². The standard InChI is InChI=1S/C17H15FN4O/c1-11-16(13-6-8-19-9-7-13)21-22-17(11)20-15(23)10-12-2-4-14(18)5-3-12/h2-9H,10H2,1H3,(H2,20,21,22,23). The molecule has 1 amide bonds. The van der Waals surface area contributed by atoms with E-state index >= 15 is 0 Å². The van der Waals surface area contributed by atoms with Gasteiger partial charge in [-0.1, -0.05) is 12.1 Å². The molecule has 0 aliphatic heterocycles. The number of aromatic amines is 1. The number of benzene rings is 1. The maximum absolute atomic E-state index is 12.9. The zero-order chi connectivity index (χ0) is 16.2. The molecule has 116 valence electrons. The number of rotatable bonds is 4. The zero-order valence-corrected chi connectivity index (χ0v) is 12.5. The Bertz CT molecular complexity index is 812. The highest BCUT2D eigenvalue weighted by molar-refractivity contribution is 5.92. The highest BCUT2D eigenvalue weighted by Gasteiger charge is 2.13. The number of hydrogen-bond donors (Lipinski definition) is 2. The number of nitrogens with zero attached hydrogens (tertiary/aromatic N) is 2. The summed E-state index contributed by atoms with van der Waals surface area (Å²) in [6.45, 7) is 1.88. The van der Waals surface area contributed by atoms with Gasteiger partial charge in [-0.15, -0.1) is 0 Å². The number of aromatic nitrogens is 3. The van der Waals surface area contributed by atoms with Crippen molar-refractivity contribution in [2.45, 2.75) is 13.3 Å². The average Bonchev–Trinajstić information content (AvgIpc) is 2.91. The third-order valence-electron chi connectivity index (χ3n) is 3.51. The van der Waals surface area contributed by atoms with Crippen LogP contribution in [-0.2, 0) is 11.2 Å². The quantitative estimate of drug-likeness (QED) is 0.778. The van der Waals surface area contributed by atoms with E-state index in [9.17, 15) is 9.18 Å². The summed E-state index contributed by atoms with van der Waals surface area (Å²) in [6, 6.07) is 9.59. The minimum Gasteiger partial charge on any atom is -0.309 e. The van der Waals surface area contributed by atoms with Gasteiger partial charge in [0.1, 0.15) is 5.82 Å². The van der Waals surface area contributed by atoms with Gasteiger partial charge < -0.3 is 5.32 Å². The average molecular weight is 310 g/mol. The fourth-order valence-electron chi connectivity index (χ4n) is 2.28. The molecular formula is C17H15FN4O. The van der Waals surface area contributed by atoms with E-state index in [1.807, 2.05) is 19.1 Å². The van der Waals surface area contributed by atoms with Crippen molar-refractivity contribution >= 4 is 11.7 Å². The van der Waals surface area contributed by atoms with Crippen LogP contribution in [0.1, 0.15) is 11.1 Å². The molecule has 0 radical (unpaired) electrons. The first kappa shape index (κ1) is 14.9. The topological polar surface area (TPSA) is 70.7 Å². The van der Waals surface area contributed by atoms with Gasteiger partial charge in [-0.2, -0.15) is 5.10 Å². The van der Waals surface area contributed by atoms with Crippen LogP contribution < -0.4 is 5.32 Å². The largest absolute Gasteiger partial charge is 0.309 e. The van der Waals surface area contributed by atoms with Crippen LogP contribution in [0.3, 0.4) is 0 Å². The number of halogens is 1. The fourth-order valence-corrected chi connectivity index (χ4v) is 2.28. The van der Waals surface area contributed by atoms with Gasteiger partial charge in [0.25, 0.3) is 0 Å². The van der Waals surface area contributed by atoms with Crippen LogP contribution >= 0.6 is 0 Å². The van der Waals surface area contributed by atoms with Crippen molar-refractivity contribution in [1.82, 2.24) is 15.2 Å². The van der Waals surface area contributed by atoms with Gasteiger partial charge in [0.05, 0.1) is 12.1 Å². The van der Waals surface area contributed by atoms with Crippen molar-refractivity contribution in [3.63, 3.8) is 0 Å². The molecular weight excluding hydrogens is 295 g/mol. The molecule has 6 heteroatoms. The number of carbonyl (C=O) groups is 1. The molecule has 0 spiro atoms. The van der Waals surface area contributed by atoms with E-state index in [4.69, 9.17) is 0 Å². The summed E-state index contributed by atoms with van der Waals surface area (Å²) < 4.78 is 12.9. The smallest absolute Gasteiger partial charge is 0.230 e. The normalized spacial score (nSPS) is 10.5. The molecule has 0 aliphatic rings. The number of hydrogen-bond acceptors (Lipinski definition) is 3. The molecule has 2 aromatic heterocycles. The third-order valence-corrected chi connectivity index (χ3v) is 3.51. The predicted molar refractivity (Wildman–Crippen MR) is 85.3 cm³/mol. The van der Waals surface area contributed by atoms with E-state index in [2.05, 4.69) is 20.5 Å². The van der Waals surface area contributed by atoms with Crippen molar-refractivity contribution in [3.05, 3.63) is 65.7 Å². The maximum Gasteiger partial charge on any atom is 0.230 e. The molecule has 0 bridgehead atoms. The lowest BCUT2D eigenvalue weighted by Gasteiger charge is -2.04. The number of pyridine rings is 1. The van der Waals surface area contributed by atoms with E-state index in [1.165, 1.54) is 12.1 Å². The lowest BCUT2D eigenvalue weighted by atomic mass is 10.1. The van der Waals surface area contributed by atoms with E-state index < -0.39 is 0 Å². The van der Waals surface area contributed by atoms with Gasteiger partial charge in [0.15, 0.2) is 5.82 Å². The first-order valence-electron chi connectivity index (χ1n) is 7.13. The maximum atomic E-state index is 12.9. The Kier molecular flexibility index (Phi) is 4.14. The molecule has 3 rings (SSSR count). The Morgan fingerprint density at radius 3 is 2.57 bits per heavy atom. The van der Waals surface area contributed by atoms with Crippen LogP contribution in [-0.4, -0.2) is 21.1 Å². The van der Waals surface area contributed by atoms with Gasteiger partial charge in [-0.05, 0) is 36.8 Å². The van der Waals surface area contributed by atoms with Crippen molar-refractivity contribution in [1.29, 1.82) is 0 Å². The molecule has 3 aromatic rings. The third kappa shape index (κ3) is 3.42. The second-order valence-corrected chi connectivity index (χ2v) is 5.16. The highest BCUT2D eigenvalue weighted by Crippen LogP contribution is 2.25. The summed E-state index contributed by atoms with van der Waals surface area (Å²) in [7, 11) is 0. The molecule has 0 saturated heterocycles. The lowest BCUT2D eigenvalue weighted by Crippen LogP contribution is -2.15. The molecule has 0 fully saturated rings. The van der Waals surface area contributed by atoms with Crippen LogP contribution in [0, 0.1) is 12.7 Å². The van der Waals surface area contributed by atoms with Gasteiger partial charge in [0.2, 0.25) is 5.91 Å². The lowest BCUT2D eigenvalue weighted by molar-refractivity contribution is -0.115. The minimum atomic E-state index is -0.320. The van der Waals surface area contributed by atoms with E-state index in [1.54, 1.807) is 24.5 Å². The highest BCUT2D eigenvalue weighted by atomic mass is 19.1. The first-order valence-corrected chi connectivity index (χ1v) is 7.13. The molecule has 2 N–H and O–H groups in total. The van der Waals surface area contributed by atoms with Crippen LogP contribution in [0.5, 0.6) is 0 Å². The Morgan fingerprint density at radius 1 is 1.17 bits per heavy atom. The van der Waals surface area contributed by atoms with E-state index in [0.29, 0.717) is 5.82 Å². The Balaban J connectivity index is 1.72. The second kappa shape index (κ2) is 6.39. The zero-order valence-electron chi connectivity index (χ0n) is 12.5. The molecule has 0 saturated carbocycles. The van der Waals surface area contributed by atoms with Gasteiger partial charge in [-0.25, -0.2) is 4.39 Å². The number of nitrogens with one attached hydrogen (secondary N) is 2. The molecule has 23 heavy (non-hydrogen) atoms. The Morgan fingerprint density at radius 2 is 1.87 bits per heavy atom. The van der Waals surface area contributed by atoms with Crippen LogP contribution in [0.25, 0.3) is 11.3 Å². The molecule has 0 atom stereocenters. The number of anilines is 1. The fraction of sp³-hybridized carbons (Fsp3) is 0.118. The van der Waals surface area contributed by atoms with Crippen molar-refractivity contribution in [2.75, 3.05) is 5.32 Å². The molecule has 1 aromatic carbocycles. The summed E-state index contributed by atoms with van der Waals surface area (Å²) in [5, 5.41) is 9.85. The van der Waals surface area contributed by atoms with Crippen molar-refractivity contribution in [2.24, 2.45) is 0 Å². The van der Waals surface area contributed by atoms with E-state index in [0.717, 1.165) is 22.4 Å². The Labute approximate surface area is 132 Å². The minimum absolute atomic E-state index is 0.164. The van der Waals surface area contributed by atoms with Gasteiger partial charge in [0, 0.05) is 23.5 Å². The first-order chi connectivity index (χ1) is 11.1. The monoisotopic (exact) mass is 310 g/mol. The molecule has 5 nitrogen and oxygen atoms in total. The summed E-state index contributed by atoms with van der Waals surface area (Å²) in [5.41, 5.74) is 3.38. The number of H-pyrrole nitrogens is 1. The molecule has 2 heterocycles. The van der Waals surface area contributed by atoms with E-state index in [-0.39, 0.29) is 18.1 Å². The van der Waals surface area contributed by atoms with Crippen LogP contribution in [0.2, 0.25) is 0 Å². The van der Waals surface area contributed by atoms with Gasteiger partial charge in [-0.3, -0.25) is 14.9 Å². The summed E-state index contributed by atoms with van der Waals surface area (Å²) in [6.07, 6.45) is 3.56. The van der Waals surface area contributed by atoms with Crippen molar-refractivity contribution < 1.29 is 9.18 Å². The summed E-state index contributed by atoms with van der Waals surface area (Å²) in [5.74, 6) is -0.0318. The van der Waals surface area contributed by atoms with Crippen LogP contribution in [0.15, 0.2) is 48.8 Å². The second-order valence-electron chi connectivity index (χ2n) is 5.16. The summed E-state index contributed by atoms with van der Waals surface area (Å²) in [4.78, 5) is 16.1. The number of amides is 1. The van der Waals surface area contributed by atoms with Crippen LogP contribution in [0.4, 0.5) is 10.2 Å². The molecule has 0 unspecified atom stereocenters. The Hall–Kier alpha value is -3.02. The predicted octanol–water partition coefficient (Wildman–Crippen LogP) is 3.10. The number of carbonyl (C=O) groups excluding carboxylic acids is 1. The molecule has 0 aliphatic carbocycles. The van der Waals surface area contributed by atoms with Gasteiger partial charge >= 0.3 is 0 Å². The SMILES string of the molecule is Cc1c(NC(=O)Cc2ccc(F)cc2)n[nH]c1-c1ccncc1.